The van der Waals surface area contributed by atoms with E-state index in [0.717, 1.165) is 68.9 Å². The predicted molar refractivity (Wildman–Crippen MR) is 194 cm³/mol. The number of hydrazine groups is 1. The van der Waals surface area contributed by atoms with Crippen molar-refractivity contribution in [2.45, 2.75) is 94.4 Å². The molecule has 3 saturated carbocycles. The normalized spacial score (nSPS) is 24.4. The standard InChI is InChI=1S/C40H46FN7O3/c1-43-40(17-18-40)38(50)48(43)33-15-13-32(14-16-33)47-37(49)35-24-30(41)25-42-36(35)46(39(47)51)34-8-4-5-29(23-34)28-11-9-27(10-12-28)26-44-19-21-45(22-20-44)31-6-2-3-7-31/h4-5,8-12,23-25,31-33H,2-3,6-7,13-22,26H2,1H3/t32-,33+. The number of nitrogens with zero attached hydrogens (tertiary/aromatic N) is 7. The fourth-order valence-corrected chi connectivity index (χ4v) is 9.46. The van der Waals surface area contributed by atoms with Gasteiger partial charge in [0.2, 0.25) is 0 Å². The first kappa shape index (κ1) is 32.7. The highest BCUT2D eigenvalue weighted by Gasteiger charge is 2.66. The average molecular weight is 692 g/mol. The molecule has 2 aliphatic heterocycles. The Hall–Kier alpha value is -4.19. The summed E-state index contributed by atoms with van der Waals surface area (Å²) in [5, 5.41) is 4.03. The highest BCUT2D eigenvalue weighted by molar-refractivity contribution is 5.94. The number of carbonyl (C=O) groups excluding carboxylic acids is 1. The van der Waals surface area contributed by atoms with Crippen LogP contribution in [0.25, 0.3) is 27.8 Å². The van der Waals surface area contributed by atoms with Gasteiger partial charge in [0.1, 0.15) is 11.4 Å². The molecule has 0 bridgehead atoms. The van der Waals surface area contributed by atoms with Crippen molar-refractivity contribution in [3.63, 3.8) is 0 Å². The number of rotatable bonds is 7. The molecule has 4 heterocycles. The van der Waals surface area contributed by atoms with Gasteiger partial charge in [-0.3, -0.25) is 29.0 Å². The lowest BCUT2D eigenvalue weighted by atomic mass is 9.89. The Kier molecular flexibility index (Phi) is 8.20. The number of amides is 1. The van der Waals surface area contributed by atoms with Gasteiger partial charge in [-0.2, -0.15) is 0 Å². The molecule has 11 heteroatoms. The molecular weight excluding hydrogens is 645 g/mol. The molecule has 1 amide bonds. The van der Waals surface area contributed by atoms with Crippen LogP contribution in [0.1, 0.15) is 75.8 Å². The average Bonchev–Trinajstić information content (AvgIpc) is 3.83. The molecule has 0 atom stereocenters. The number of fused-ring (bicyclic) bond motifs is 1. The SMILES string of the molecule is CN1N([C@H]2CC[C@@H](n3c(=O)c4cc(F)cnc4n(-c4cccc(-c5ccc(CN6CCN(C7CCCC7)CC6)cc5)c4)c3=O)CC2)C(=O)C12CC2. The van der Waals surface area contributed by atoms with Crippen LogP contribution in [0.2, 0.25) is 0 Å². The molecule has 5 fully saturated rings. The van der Waals surface area contributed by atoms with Crippen molar-refractivity contribution in [2.75, 3.05) is 33.2 Å². The third-order valence-electron chi connectivity index (χ3n) is 12.6. The van der Waals surface area contributed by atoms with Crippen molar-refractivity contribution < 1.29 is 9.18 Å². The van der Waals surface area contributed by atoms with Crippen molar-refractivity contribution in [1.29, 1.82) is 0 Å². The summed E-state index contributed by atoms with van der Waals surface area (Å²) in [6.45, 7) is 5.42. The zero-order chi connectivity index (χ0) is 34.9. The van der Waals surface area contributed by atoms with E-state index >= 15 is 0 Å². The van der Waals surface area contributed by atoms with Crippen LogP contribution in [0.4, 0.5) is 4.39 Å². The third kappa shape index (κ3) is 5.64. The number of hydrogen-bond acceptors (Lipinski definition) is 7. The van der Waals surface area contributed by atoms with Crippen molar-refractivity contribution in [2.24, 2.45) is 0 Å². The summed E-state index contributed by atoms with van der Waals surface area (Å²) in [5.74, 6) is -0.430. The van der Waals surface area contributed by atoms with E-state index in [1.54, 1.807) is 0 Å². The largest absolute Gasteiger partial charge is 0.337 e. The zero-order valence-corrected chi connectivity index (χ0v) is 29.3. The Labute approximate surface area is 297 Å². The van der Waals surface area contributed by atoms with Gasteiger partial charge in [0.25, 0.3) is 11.5 Å². The molecular formula is C40H46FN7O3. The molecule has 0 N–H and O–H groups in total. The zero-order valence-electron chi connectivity index (χ0n) is 29.3. The van der Waals surface area contributed by atoms with Gasteiger partial charge < -0.3 is 0 Å². The quantitative estimate of drug-likeness (QED) is 0.266. The van der Waals surface area contributed by atoms with Gasteiger partial charge in [0.05, 0.1) is 17.3 Å². The van der Waals surface area contributed by atoms with Crippen LogP contribution in [-0.2, 0) is 11.3 Å². The Morgan fingerprint density at radius 1 is 0.804 bits per heavy atom. The molecule has 2 aromatic carbocycles. The fourth-order valence-electron chi connectivity index (χ4n) is 9.46. The van der Waals surface area contributed by atoms with Gasteiger partial charge in [-0.15, -0.1) is 0 Å². The van der Waals surface area contributed by atoms with E-state index in [0.29, 0.717) is 31.4 Å². The molecule has 5 aliphatic rings. The van der Waals surface area contributed by atoms with Crippen LogP contribution in [0, 0.1) is 5.82 Å². The topological polar surface area (TPSA) is 86.9 Å². The number of carbonyl (C=O) groups is 1. The molecule has 9 rings (SSSR count). The van der Waals surface area contributed by atoms with Crippen LogP contribution in [-0.4, -0.2) is 90.7 Å². The van der Waals surface area contributed by atoms with Gasteiger partial charge in [-0.25, -0.2) is 23.7 Å². The van der Waals surface area contributed by atoms with E-state index in [9.17, 15) is 18.8 Å². The number of benzene rings is 2. The maximum Gasteiger partial charge on any atom is 0.337 e. The monoisotopic (exact) mass is 691 g/mol. The summed E-state index contributed by atoms with van der Waals surface area (Å²) in [5.41, 5.74) is 2.64. The molecule has 0 radical (unpaired) electrons. The maximum atomic E-state index is 14.6. The van der Waals surface area contributed by atoms with Crippen LogP contribution in [0.15, 0.2) is 70.4 Å². The number of pyridine rings is 1. The van der Waals surface area contributed by atoms with E-state index in [-0.39, 0.29) is 34.6 Å². The van der Waals surface area contributed by atoms with Crippen LogP contribution < -0.4 is 11.2 Å². The maximum absolute atomic E-state index is 14.6. The molecule has 10 nitrogen and oxygen atoms in total. The second-order valence-electron chi connectivity index (χ2n) is 15.5. The second kappa shape index (κ2) is 12.8. The highest BCUT2D eigenvalue weighted by Crippen LogP contribution is 2.52. The molecule has 51 heavy (non-hydrogen) atoms. The van der Waals surface area contributed by atoms with Gasteiger partial charge in [0.15, 0.2) is 5.65 Å². The van der Waals surface area contributed by atoms with Crippen LogP contribution >= 0.6 is 0 Å². The molecule has 2 aromatic heterocycles. The third-order valence-corrected chi connectivity index (χ3v) is 12.6. The van der Waals surface area contributed by atoms with E-state index in [1.165, 1.54) is 46.4 Å². The van der Waals surface area contributed by atoms with E-state index < -0.39 is 17.1 Å². The van der Waals surface area contributed by atoms with Gasteiger partial charge in [-0.1, -0.05) is 49.2 Å². The van der Waals surface area contributed by atoms with Crippen molar-refractivity contribution in [1.82, 2.24) is 33.9 Å². The molecule has 4 aromatic rings. The number of piperazine rings is 1. The van der Waals surface area contributed by atoms with E-state index in [1.807, 2.05) is 36.3 Å². The molecule has 0 unspecified atom stereocenters. The van der Waals surface area contributed by atoms with E-state index in [4.69, 9.17) is 0 Å². The number of hydrogen-bond donors (Lipinski definition) is 0. The summed E-state index contributed by atoms with van der Waals surface area (Å²) in [6.07, 6.45) is 10.9. The Balaban J connectivity index is 0.959. The second-order valence-corrected chi connectivity index (χ2v) is 15.5. The number of halogens is 1. The lowest BCUT2D eigenvalue weighted by molar-refractivity contribution is -0.207. The van der Waals surface area contributed by atoms with E-state index in [2.05, 4.69) is 44.1 Å². The van der Waals surface area contributed by atoms with Crippen molar-refractivity contribution in [3.05, 3.63) is 93.0 Å². The summed E-state index contributed by atoms with van der Waals surface area (Å²) in [4.78, 5) is 50.6. The van der Waals surface area contributed by atoms with Gasteiger partial charge >= 0.3 is 5.69 Å². The minimum absolute atomic E-state index is 0.0531. The minimum atomic E-state index is -0.627. The summed E-state index contributed by atoms with van der Waals surface area (Å²) >= 11 is 0. The predicted octanol–water partition coefficient (Wildman–Crippen LogP) is 5.12. The number of aromatic nitrogens is 3. The highest BCUT2D eigenvalue weighted by atomic mass is 19.1. The summed E-state index contributed by atoms with van der Waals surface area (Å²) in [7, 11) is 1.98. The van der Waals surface area contributed by atoms with Gasteiger partial charge in [0, 0.05) is 57.9 Å². The molecule has 2 saturated heterocycles. The van der Waals surface area contributed by atoms with Crippen molar-refractivity contribution in [3.8, 4) is 16.8 Å². The summed E-state index contributed by atoms with van der Waals surface area (Å²) < 4.78 is 17.3. The Morgan fingerprint density at radius 2 is 1.51 bits per heavy atom. The minimum Gasteiger partial charge on any atom is -0.298 e. The first-order chi connectivity index (χ1) is 24.8. The van der Waals surface area contributed by atoms with Crippen LogP contribution in [0.3, 0.4) is 0 Å². The Bertz CT molecular complexity index is 2090. The molecule has 266 valence electrons. The fraction of sp³-hybridized carbons (Fsp3) is 0.500. The molecule has 3 aliphatic carbocycles. The van der Waals surface area contributed by atoms with Gasteiger partial charge in [-0.05, 0) is 86.3 Å². The Morgan fingerprint density at radius 3 is 2.20 bits per heavy atom. The smallest absolute Gasteiger partial charge is 0.298 e. The number of likely N-dealkylation sites (N-methyl/N-ethyl adjacent to an activating group) is 1. The summed E-state index contributed by atoms with van der Waals surface area (Å²) in [6, 6.07) is 18.0. The lowest BCUT2D eigenvalue weighted by Crippen LogP contribution is -2.72. The lowest BCUT2D eigenvalue weighted by Gasteiger charge is -2.53. The first-order valence-corrected chi connectivity index (χ1v) is 18.9. The molecule has 1 spiro atoms. The first-order valence-electron chi connectivity index (χ1n) is 18.9. The van der Waals surface area contributed by atoms with Crippen molar-refractivity contribution >= 4 is 16.9 Å². The van der Waals surface area contributed by atoms with Crippen LogP contribution in [0.5, 0.6) is 0 Å².